The molecule has 2 amide bonds. The molecular formula is C40H41N7O4. The second kappa shape index (κ2) is 11.2. The van der Waals surface area contributed by atoms with Crippen molar-refractivity contribution < 1.29 is 19.1 Å². The molecular weight excluding hydrogens is 642 g/mol. The minimum absolute atomic E-state index is 0.0566. The summed E-state index contributed by atoms with van der Waals surface area (Å²) in [5, 5.41) is 10.9. The molecule has 0 spiro atoms. The number of benzene rings is 4. The van der Waals surface area contributed by atoms with Crippen molar-refractivity contribution in [2.75, 3.05) is 27.4 Å². The SMILES string of the molecule is COC[C@@H]1CN[C@H](c2nc3ccc4cc(-c5ccc6c(ccc7nc([C@@H]8C9C%10[C@H]9[C@@H]%10N8C(=O)[C@@H](NC(=O)OC)C(C)C)[nH]c76)c5)ccc4c3[nH]2)C1. The van der Waals surface area contributed by atoms with Crippen LogP contribution in [0.5, 0.6) is 0 Å². The molecule has 4 N–H and O–H groups in total. The number of carbonyl (C=O) groups excluding carboxylic acids is 2. The van der Waals surface area contributed by atoms with Crippen molar-refractivity contribution in [2.45, 2.75) is 44.4 Å². The standard InChI is InChI=1S/C40H41N7O4/c1-18(2)32(46-40(49)51-4)39(48)47-35-29-30(35)31(29)36(47)38-43-27-12-8-23-15-21(6-10-25(23)34(27)45-38)20-5-9-24-22(14-20)7-11-26-33(24)44-37(42-26)28-13-19(16-41-28)17-50-3/h5-12,14-15,18-19,28-32,35-36,41H,13,16-17H2,1-4H3,(H,42,44)(H,43,45)(H,46,49)/t19-,28-,29+,30?,31?,32-,35-,36-/m0/s1. The fourth-order valence-electron chi connectivity index (χ4n) is 9.36. The maximum atomic E-state index is 13.9. The van der Waals surface area contributed by atoms with Crippen molar-refractivity contribution in [3.63, 3.8) is 0 Å². The van der Waals surface area contributed by atoms with E-state index in [0.29, 0.717) is 23.7 Å². The Morgan fingerprint density at radius 1 is 0.863 bits per heavy atom. The molecule has 8 atom stereocenters. The minimum atomic E-state index is -0.649. The summed E-state index contributed by atoms with van der Waals surface area (Å²) in [4.78, 5) is 45.3. The van der Waals surface area contributed by atoms with Gasteiger partial charge in [-0.1, -0.05) is 50.2 Å². The number of H-pyrrole nitrogens is 2. The van der Waals surface area contributed by atoms with Crippen LogP contribution in [0.15, 0.2) is 60.7 Å². The first-order valence-electron chi connectivity index (χ1n) is 18.1. The maximum Gasteiger partial charge on any atom is 0.407 e. The third-order valence-electron chi connectivity index (χ3n) is 12.0. The van der Waals surface area contributed by atoms with Crippen LogP contribution in [0.3, 0.4) is 0 Å². The molecule has 0 radical (unpaired) electrons. The lowest BCUT2D eigenvalue weighted by Gasteiger charge is -2.29. The highest BCUT2D eigenvalue weighted by atomic mass is 16.5. The molecule has 11 nitrogen and oxygen atoms in total. The van der Waals surface area contributed by atoms with Crippen LogP contribution in [0.4, 0.5) is 4.79 Å². The molecule has 2 saturated carbocycles. The van der Waals surface area contributed by atoms with E-state index in [0.717, 1.165) is 80.6 Å². The van der Waals surface area contributed by atoms with Gasteiger partial charge in [-0.25, -0.2) is 14.8 Å². The molecule has 11 heteroatoms. The number of aromatic nitrogens is 4. The molecule has 11 rings (SSSR count). The predicted octanol–water partition coefficient (Wildman–Crippen LogP) is 6.22. The minimum Gasteiger partial charge on any atom is -0.453 e. The smallest absolute Gasteiger partial charge is 0.407 e. The Hall–Kier alpha value is -5.00. The second-order valence-corrected chi connectivity index (χ2v) is 15.3. The van der Waals surface area contributed by atoms with E-state index in [9.17, 15) is 9.59 Å². The number of hydrogen-bond donors (Lipinski definition) is 4. The Labute approximate surface area is 294 Å². The fraction of sp³-hybridized carbons (Fsp3) is 0.400. The molecule has 2 unspecified atom stereocenters. The first kappa shape index (κ1) is 30.8. The third kappa shape index (κ3) is 4.70. The number of rotatable bonds is 8. The summed E-state index contributed by atoms with van der Waals surface area (Å²) in [6, 6.07) is 21.4. The lowest BCUT2D eigenvalue weighted by Crippen LogP contribution is -2.51. The molecule has 3 aliphatic heterocycles. The average molecular weight is 684 g/mol. The molecule has 2 aromatic heterocycles. The highest BCUT2D eigenvalue weighted by Gasteiger charge is 2.85. The molecule has 260 valence electrons. The van der Waals surface area contributed by atoms with Gasteiger partial charge in [-0.05, 0) is 82.2 Å². The Balaban J connectivity index is 0.941. The van der Waals surface area contributed by atoms with Crippen LogP contribution in [0.1, 0.15) is 44.0 Å². The Bertz CT molecular complexity index is 2390. The van der Waals surface area contributed by atoms with Crippen molar-refractivity contribution in [3.8, 4) is 11.1 Å². The number of methoxy groups -OCH3 is 2. The van der Waals surface area contributed by atoms with Crippen molar-refractivity contribution in [1.82, 2.24) is 35.5 Å². The van der Waals surface area contributed by atoms with E-state index in [-0.39, 0.29) is 30.0 Å². The molecule has 5 fully saturated rings. The van der Waals surface area contributed by atoms with Gasteiger partial charge in [0.15, 0.2) is 0 Å². The molecule has 3 saturated heterocycles. The molecule has 51 heavy (non-hydrogen) atoms. The van der Waals surface area contributed by atoms with E-state index in [1.54, 1.807) is 7.11 Å². The van der Waals surface area contributed by atoms with E-state index in [1.807, 2.05) is 18.7 Å². The number of amides is 2. The lowest BCUT2D eigenvalue weighted by atomic mass is 9.98. The van der Waals surface area contributed by atoms with Gasteiger partial charge >= 0.3 is 6.09 Å². The van der Waals surface area contributed by atoms with Gasteiger partial charge in [-0.3, -0.25) is 4.79 Å². The van der Waals surface area contributed by atoms with Crippen LogP contribution in [0.2, 0.25) is 0 Å². The zero-order valence-corrected chi connectivity index (χ0v) is 29.1. The highest BCUT2D eigenvalue weighted by molar-refractivity contribution is 6.07. The van der Waals surface area contributed by atoms with Crippen molar-refractivity contribution in [2.24, 2.45) is 29.6 Å². The van der Waals surface area contributed by atoms with Crippen LogP contribution in [-0.2, 0) is 14.3 Å². The van der Waals surface area contributed by atoms with Crippen molar-refractivity contribution in [1.29, 1.82) is 0 Å². The summed E-state index contributed by atoms with van der Waals surface area (Å²) in [5.74, 6) is 3.71. The van der Waals surface area contributed by atoms with Gasteiger partial charge in [-0.15, -0.1) is 0 Å². The summed E-state index contributed by atoms with van der Waals surface area (Å²) in [6.07, 6.45) is 0.424. The average Bonchev–Trinajstić information content (AvgIpc) is 3.58. The Kier molecular flexibility index (Phi) is 6.79. The number of fused-ring (bicyclic) bond motifs is 7. The zero-order valence-electron chi connectivity index (χ0n) is 29.1. The van der Waals surface area contributed by atoms with Gasteiger partial charge in [0, 0.05) is 30.5 Å². The van der Waals surface area contributed by atoms with Crippen LogP contribution < -0.4 is 10.6 Å². The second-order valence-electron chi connectivity index (χ2n) is 15.3. The maximum absolute atomic E-state index is 13.9. The number of hydrogen-bond acceptors (Lipinski definition) is 7. The van der Waals surface area contributed by atoms with E-state index < -0.39 is 12.1 Å². The molecule has 2 aliphatic carbocycles. The molecule has 4 aromatic carbocycles. The predicted molar refractivity (Wildman–Crippen MR) is 195 cm³/mol. The first-order valence-corrected chi connectivity index (χ1v) is 18.1. The number of piperidine rings is 1. The van der Waals surface area contributed by atoms with Crippen LogP contribution >= 0.6 is 0 Å². The van der Waals surface area contributed by atoms with E-state index >= 15 is 0 Å². The Morgan fingerprint density at radius 3 is 2.10 bits per heavy atom. The van der Waals surface area contributed by atoms with Crippen LogP contribution in [0, 0.1) is 29.6 Å². The van der Waals surface area contributed by atoms with Gasteiger partial charge in [0.2, 0.25) is 5.91 Å². The number of imidazole rings is 2. The molecule has 5 heterocycles. The topological polar surface area (TPSA) is 137 Å². The number of alkyl carbamates (subject to hydrolysis) is 1. The largest absolute Gasteiger partial charge is 0.453 e. The molecule has 5 aliphatic rings. The van der Waals surface area contributed by atoms with E-state index in [2.05, 4.69) is 81.3 Å². The van der Waals surface area contributed by atoms with Crippen LogP contribution in [-0.4, -0.2) is 76.3 Å². The Morgan fingerprint density at radius 2 is 1.49 bits per heavy atom. The van der Waals surface area contributed by atoms with Crippen molar-refractivity contribution >= 4 is 55.6 Å². The lowest BCUT2D eigenvalue weighted by molar-refractivity contribution is -0.136. The number of aromatic amines is 2. The number of carbonyl (C=O) groups is 2. The molecule has 2 bridgehead atoms. The summed E-state index contributed by atoms with van der Waals surface area (Å²) in [5.41, 5.74) is 6.22. The van der Waals surface area contributed by atoms with Crippen LogP contribution in [0.25, 0.3) is 54.7 Å². The number of nitrogens with one attached hydrogen (secondary N) is 4. The summed E-state index contributed by atoms with van der Waals surface area (Å²) in [6.45, 7) is 5.60. The van der Waals surface area contributed by atoms with Gasteiger partial charge < -0.3 is 35.0 Å². The van der Waals surface area contributed by atoms with Gasteiger partial charge in [-0.2, -0.15) is 0 Å². The van der Waals surface area contributed by atoms with Crippen molar-refractivity contribution in [3.05, 3.63) is 72.3 Å². The molecule has 6 aromatic rings. The summed E-state index contributed by atoms with van der Waals surface area (Å²) < 4.78 is 10.2. The number of ether oxygens (including phenoxy) is 2. The van der Waals surface area contributed by atoms with E-state index in [4.69, 9.17) is 19.4 Å². The number of nitrogens with zero attached hydrogens (tertiary/aromatic N) is 3. The quantitative estimate of drug-likeness (QED) is 0.150. The summed E-state index contributed by atoms with van der Waals surface area (Å²) in [7, 11) is 3.08. The highest BCUT2D eigenvalue weighted by Crippen LogP contribution is 2.81. The fourth-order valence-corrected chi connectivity index (χ4v) is 9.36. The summed E-state index contributed by atoms with van der Waals surface area (Å²) >= 11 is 0. The third-order valence-corrected chi connectivity index (χ3v) is 12.0. The normalized spacial score (nSPS) is 26.8. The van der Waals surface area contributed by atoms with Gasteiger partial charge in [0.25, 0.3) is 0 Å². The van der Waals surface area contributed by atoms with Gasteiger partial charge in [0.05, 0.1) is 47.9 Å². The zero-order chi connectivity index (χ0) is 34.7. The van der Waals surface area contributed by atoms with E-state index in [1.165, 1.54) is 12.5 Å². The first-order chi connectivity index (χ1) is 24.8. The van der Waals surface area contributed by atoms with Gasteiger partial charge in [0.1, 0.15) is 17.7 Å². The monoisotopic (exact) mass is 683 g/mol.